The molecule has 4 N–H and O–H groups in total. The van der Waals surface area contributed by atoms with Crippen molar-refractivity contribution < 1.29 is 0 Å². The van der Waals surface area contributed by atoms with Gasteiger partial charge >= 0.3 is 0 Å². The highest BCUT2D eigenvalue weighted by molar-refractivity contribution is 5.64. The van der Waals surface area contributed by atoms with Crippen LogP contribution >= 0.6 is 0 Å². The van der Waals surface area contributed by atoms with Gasteiger partial charge in [0.15, 0.2) is 0 Å². The third-order valence-electron chi connectivity index (χ3n) is 6.43. The number of nitrogen functional groups attached to an aromatic ring is 2. The lowest BCUT2D eigenvalue weighted by Crippen LogP contribution is -2.10. The van der Waals surface area contributed by atoms with Crippen LogP contribution in [0, 0.1) is 5.92 Å². The van der Waals surface area contributed by atoms with E-state index < -0.39 is 0 Å². The van der Waals surface area contributed by atoms with Gasteiger partial charge in [-0.2, -0.15) is 0 Å². The summed E-state index contributed by atoms with van der Waals surface area (Å²) in [4.78, 5) is 0. The molecule has 1 saturated carbocycles. The van der Waals surface area contributed by atoms with Gasteiger partial charge in [-0.3, -0.25) is 0 Å². The van der Waals surface area contributed by atoms with Crippen molar-refractivity contribution >= 4 is 11.4 Å². The van der Waals surface area contributed by atoms with Gasteiger partial charge in [0.05, 0.1) is 0 Å². The zero-order chi connectivity index (χ0) is 20.2. The van der Waals surface area contributed by atoms with Crippen LogP contribution in [0.5, 0.6) is 0 Å². The summed E-state index contributed by atoms with van der Waals surface area (Å²) in [5, 5.41) is 0. The highest BCUT2D eigenvalue weighted by Crippen LogP contribution is 2.36. The van der Waals surface area contributed by atoms with Crippen LogP contribution in [0.15, 0.2) is 66.7 Å². The molecule has 1 aliphatic rings. The Balaban J connectivity index is 1.38. The van der Waals surface area contributed by atoms with Crippen molar-refractivity contribution in [3.05, 3.63) is 83.4 Å². The SMILES string of the molecule is CC1CCC(c2ccc(-c3ccc(CCc4cc(N)cc(N)c4)cc3)cc2)CC1. The fourth-order valence-electron chi connectivity index (χ4n) is 4.58. The first kappa shape index (κ1) is 19.6. The van der Waals surface area contributed by atoms with Gasteiger partial charge in [0, 0.05) is 11.4 Å². The minimum absolute atomic E-state index is 0.738. The van der Waals surface area contributed by atoms with Gasteiger partial charge in [-0.25, -0.2) is 0 Å². The van der Waals surface area contributed by atoms with Crippen molar-refractivity contribution in [1.82, 2.24) is 0 Å². The first-order valence-corrected chi connectivity index (χ1v) is 10.9. The molecule has 0 heterocycles. The fourth-order valence-corrected chi connectivity index (χ4v) is 4.58. The van der Waals surface area contributed by atoms with E-state index in [-0.39, 0.29) is 0 Å². The van der Waals surface area contributed by atoms with Gasteiger partial charge < -0.3 is 11.5 Å². The number of benzene rings is 3. The number of nitrogens with two attached hydrogens (primary N) is 2. The van der Waals surface area contributed by atoms with Crippen molar-refractivity contribution in [3.8, 4) is 11.1 Å². The third-order valence-corrected chi connectivity index (χ3v) is 6.43. The van der Waals surface area contributed by atoms with Crippen LogP contribution in [-0.2, 0) is 12.8 Å². The summed E-state index contributed by atoms with van der Waals surface area (Å²) < 4.78 is 0. The number of rotatable bonds is 5. The molecule has 0 unspecified atom stereocenters. The van der Waals surface area contributed by atoms with E-state index in [1.165, 1.54) is 53.5 Å². The maximum Gasteiger partial charge on any atom is 0.0337 e. The van der Waals surface area contributed by atoms with E-state index in [9.17, 15) is 0 Å². The number of anilines is 2. The molecule has 4 rings (SSSR count). The Bertz CT molecular complexity index is 913. The van der Waals surface area contributed by atoms with E-state index in [0.29, 0.717) is 0 Å². The average Bonchev–Trinajstić information content (AvgIpc) is 2.73. The molecule has 0 saturated heterocycles. The van der Waals surface area contributed by atoms with Crippen molar-refractivity contribution in [1.29, 1.82) is 0 Å². The number of hydrogen-bond acceptors (Lipinski definition) is 2. The molecule has 0 aromatic heterocycles. The summed E-state index contributed by atoms with van der Waals surface area (Å²) in [6.07, 6.45) is 7.36. The maximum atomic E-state index is 5.90. The second-order valence-corrected chi connectivity index (χ2v) is 8.78. The average molecular weight is 385 g/mol. The molecular weight excluding hydrogens is 352 g/mol. The Hall–Kier alpha value is -2.74. The molecule has 1 aliphatic carbocycles. The smallest absolute Gasteiger partial charge is 0.0337 e. The summed E-state index contributed by atoms with van der Waals surface area (Å²) in [5.74, 6) is 1.66. The van der Waals surface area contributed by atoms with Crippen molar-refractivity contribution in [2.45, 2.75) is 51.4 Å². The second kappa shape index (κ2) is 8.73. The molecule has 1 fully saturated rings. The molecule has 3 aromatic rings. The predicted octanol–water partition coefficient (Wildman–Crippen LogP) is 6.60. The van der Waals surface area contributed by atoms with Crippen LogP contribution in [0.4, 0.5) is 11.4 Å². The normalized spacial score (nSPS) is 19.2. The van der Waals surface area contributed by atoms with Crippen LogP contribution in [-0.4, -0.2) is 0 Å². The Kier molecular flexibility index (Phi) is 5.89. The van der Waals surface area contributed by atoms with Crippen LogP contribution in [0.1, 0.15) is 55.2 Å². The fraction of sp³-hybridized carbons (Fsp3) is 0.333. The van der Waals surface area contributed by atoms with Crippen LogP contribution in [0.2, 0.25) is 0 Å². The summed E-state index contributed by atoms with van der Waals surface area (Å²) in [6, 6.07) is 24.0. The van der Waals surface area contributed by atoms with Gasteiger partial charge in [-0.1, -0.05) is 68.3 Å². The first-order valence-electron chi connectivity index (χ1n) is 10.9. The molecule has 2 heteroatoms. The monoisotopic (exact) mass is 384 g/mol. The zero-order valence-electron chi connectivity index (χ0n) is 17.4. The largest absolute Gasteiger partial charge is 0.399 e. The quantitative estimate of drug-likeness (QED) is 0.487. The zero-order valence-corrected chi connectivity index (χ0v) is 17.4. The molecule has 3 aromatic carbocycles. The molecule has 0 amide bonds. The number of hydrogen-bond donors (Lipinski definition) is 2. The highest BCUT2D eigenvalue weighted by Gasteiger charge is 2.19. The molecule has 2 nitrogen and oxygen atoms in total. The summed E-state index contributed by atoms with van der Waals surface area (Å²) >= 11 is 0. The Morgan fingerprint density at radius 3 is 1.76 bits per heavy atom. The van der Waals surface area contributed by atoms with E-state index in [1.54, 1.807) is 6.07 Å². The van der Waals surface area contributed by atoms with Crippen LogP contribution in [0.3, 0.4) is 0 Å². The lowest BCUT2D eigenvalue weighted by Gasteiger charge is -2.26. The first-order chi connectivity index (χ1) is 14.1. The molecule has 0 spiro atoms. The van der Waals surface area contributed by atoms with Crippen molar-refractivity contribution in [2.75, 3.05) is 11.5 Å². The van der Waals surface area contributed by atoms with E-state index in [2.05, 4.69) is 55.5 Å². The van der Waals surface area contributed by atoms with Gasteiger partial charge in [0.25, 0.3) is 0 Å². The molecule has 0 radical (unpaired) electrons. The van der Waals surface area contributed by atoms with Crippen LogP contribution < -0.4 is 11.5 Å². The topological polar surface area (TPSA) is 52.0 Å². The minimum atomic E-state index is 0.738. The second-order valence-electron chi connectivity index (χ2n) is 8.78. The molecule has 0 atom stereocenters. The van der Waals surface area contributed by atoms with E-state index >= 15 is 0 Å². The Morgan fingerprint density at radius 1 is 0.655 bits per heavy atom. The van der Waals surface area contributed by atoms with Crippen molar-refractivity contribution in [3.63, 3.8) is 0 Å². The summed E-state index contributed by atoms with van der Waals surface area (Å²) in [7, 11) is 0. The van der Waals surface area contributed by atoms with Crippen LogP contribution in [0.25, 0.3) is 11.1 Å². The summed E-state index contributed by atoms with van der Waals surface area (Å²) in [5.41, 5.74) is 19.9. The predicted molar refractivity (Wildman–Crippen MR) is 125 cm³/mol. The van der Waals surface area contributed by atoms with Gasteiger partial charge in [-0.15, -0.1) is 0 Å². The van der Waals surface area contributed by atoms with Gasteiger partial charge in [-0.05, 0) is 83.5 Å². The standard InChI is InChI=1S/C27H32N2/c1-19-2-8-22(9-3-19)24-12-14-25(15-13-24)23-10-6-20(7-11-23)4-5-21-16-26(28)18-27(29)17-21/h6-7,10-19,22H,2-5,8-9,28-29H2,1H3. The van der Waals surface area contributed by atoms with E-state index in [4.69, 9.17) is 11.5 Å². The third kappa shape index (κ3) is 5.00. The molecule has 0 bridgehead atoms. The maximum absolute atomic E-state index is 5.90. The molecule has 150 valence electrons. The molecule has 0 aliphatic heterocycles. The lowest BCUT2D eigenvalue weighted by molar-refractivity contribution is 0.348. The highest BCUT2D eigenvalue weighted by atomic mass is 14.6. The lowest BCUT2D eigenvalue weighted by atomic mass is 9.79. The van der Waals surface area contributed by atoms with E-state index in [1.807, 2.05) is 12.1 Å². The Labute approximate surface area is 175 Å². The van der Waals surface area contributed by atoms with Gasteiger partial charge in [0.1, 0.15) is 0 Å². The molecular formula is C27H32N2. The number of aryl methyl sites for hydroxylation is 2. The minimum Gasteiger partial charge on any atom is -0.399 e. The van der Waals surface area contributed by atoms with Crippen molar-refractivity contribution in [2.24, 2.45) is 5.92 Å². The Morgan fingerprint density at radius 2 is 1.17 bits per heavy atom. The van der Waals surface area contributed by atoms with Gasteiger partial charge in [0.2, 0.25) is 0 Å². The van der Waals surface area contributed by atoms with E-state index in [0.717, 1.165) is 36.1 Å². The molecule has 29 heavy (non-hydrogen) atoms. The summed E-state index contributed by atoms with van der Waals surface area (Å²) in [6.45, 7) is 2.38.